The van der Waals surface area contributed by atoms with Crippen molar-refractivity contribution in [2.24, 2.45) is 5.92 Å². The third-order valence-electron chi connectivity index (χ3n) is 4.65. The molecule has 0 spiro atoms. The average Bonchev–Trinajstić information content (AvgIpc) is 2.98. The summed E-state index contributed by atoms with van der Waals surface area (Å²) in [4.78, 5) is 14.3. The Labute approximate surface area is 125 Å². The van der Waals surface area contributed by atoms with Gasteiger partial charge in [-0.25, -0.2) is 4.79 Å². The van der Waals surface area contributed by atoms with E-state index in [1.807, 2.05) is 6.08 Å². The lowest BCUT2D eigenvalue weighted by molar-refractivity contribution is -0.183. The Balaban J connectivity index is 1.98. The molecule has 0 radical (unpaired) electrons. The van der Waals surface area contributed by atoms with Crippen molar-refractivity contribution < 1.29 is 24.9 Å². The van der Waals surface area contributed by atoms with Crippen LogP contribution in [0.4, 0.5) is 0 Å². The molecule has 2 aliphatic rings. The molecule has 0 aliphatic carbocycles. The molecule has 0 aromatic rings. The Morgan fingerprint density at radius 2 is 2.19 bits per heavy atom. The number of ether oxygens (including phenoxy) is 1. The van der Waals surface area contributed by atoms with Gasteiger partial charge in [-0.15, -0.1) is 0 Å². The molecule has 1 unspecified atom stereocenters. The van der Waals surface area contributed by atoms with E-state index >= 15 is 0 Å². The minimum absolute atomic E-state index is 0.0405. The molecule has 0 aromatic heterocycles. The monoisotopic (exact) mass is 299 g/mol. The Morgan fingerprint density at radius 1 is 1.52 bits per heavy atom. The summed E-state index contributed by atoms with van der Waals surface area (Å²) in [6.07, 6.45) is 1.03. The first kappa shape index (κ1) is 16.4. The Kier molecular flexibility index (Phi) is 4.72. The van der Waals surface area contributed by atoms with Gasteiger partial charge in [0.2, 0.25) is 0 Å². The molecule has 1 saturated heterocycles. The third kappa shape index (κ3) is 2.85. The van der Waals surface area contributed by atoms with Crippen LogP contribution < -0.4 is 0 Å². The summed E-state index contributed by atoms with van der Waals surface area (Å²) in [5, 5.41) is 30.0. The maximum absolute atomic E-state index is 12.1. The number of nitrogens with zero attached hydrogens (tertiary/aromatic N) is 1. The molecule has 6 nitrogen and oxygen atoms in total. The first-order valence-electron chi connectivity index (χ1n) is 7.47. The van der Waals surface area contributed by atoms with E-state index in [-0.39, 0.29) is 12.6 Å². The lowest BCUT2D eigenvalue weighted by atomic mass is 9.85. The van der Waals surface area contributed by atoms with Gasteiger partial charge in [-0.2, -0.15) is 0 Å². The predicted octanol–water partition coefficient (Wildman–Crippen LogP) is -0.327. The van der Waals surface area contributed by atoms with E-state index < -0.39 is 29.7 Å². The van der Waals surface area contributed by atoms with E-state index in [1.165, 1.54) is 6.92 Å². The van der Waals surface area contributed by atoms with Crippen LogP contribution in [0.2, 0.25) is 0 Å². The fourth-order valence-electron chi connectivity index (χ4n) is 3.18. The second-order valence-corrected chi connectivity index (χ2v) is 6.31. The molecule has 0 amide bonds. The van der Waals surface area contributed by atoms with Crippen LogP contribution in [0.1, 0.15) is 27.2 Å². The SMILES string of the molecule is CC(C)C(O)(C(=O)OCC1=CCN2CC[C@@H](O)[C@@H]12)[C@@H](C)O. The Hall–Kier alpha value is -0.950. The van der Waals surface area contributed by atoms with Gasteiger partial charge >= 0.3 is 5.97 Å². The largest absolute Gasteiger partial charge is 0.459 e. The smallest absolute Gasteiger partial charge is 0.341 e. The number of carbonyl (C=O) groups excluding carboxylic acids is 1. The maximum atomic E-state index is 12.1. The van der Waals surface area contributed by atoms with Gasteiger partial charge in [-0.05, 0) is 24.8 Å². The van der Waals surface area contributed by atoms with Gasteiger partial charge in [0.05, 0.1) is 18.2 Å². The van der Waals surface area contributed by atoms with Crippen molar-refractivity contribution in [3.63, 3.8) is 0 Å². The Morgan fingerprint density at radius 3 is 2.76 bits per heavy atom. The number of aliphatic hydroxyl groups is 3. The molecule has 0 aromatic carbocycles. The van der Waals surface area contributed by atoms with E-state index in [2.05, 4.69) is 4.90 Å². The van der Waals surface area contributed by atoms with E-state index in [1.54, 1.807) is 13.8 Å². The number of rotatable bonds is 5. The number of carbonyl (C=O) groups is 1. The summed E-state index contributed by atoms with van der Waals surface area (Å²) >= 11 is 0. The van der Waals surface area contributed by atoms with Gasteiger partial charge < -0.3 is 20.1 Å². The standard InChI is InChI=1S/C15H25NO5/c1-9(2)15(20,10(3)17)14(19)21-8-11-4-6-16-7-5-12(18)13(11)16/h4,9-10,12-13,17-18,20H,5-8H2,1-3H3/t10-,12-,13-,15?/m1/s1. The first-order chi connectivity index (χ1) is 9.78. The van der Waals surface area contributed by atoms with Crippen LogP contribution in [0.3, 0.4) is 0 Å². The molecular formula is C15H25NO5. The molecule has 4 atom stereocenters. The zero-order valence-electron chi connectivity index (χ0n) is 12.8. The number of fused-ring (bicyclic) bond motifs is 1. The summed E-state index contributed by atoms with van der Waals surface area (Å²) in [6, 6.07) is -0.0866. The van der Waals surface area contributed by atoms with Crippen LogP contribution in [-0.4, -0.2) is 69.7 Å². The van der Waals surface area contributed by atoms with Crippen molar-refractivity contribution in [2.45, 2.75) is 51.0 Å². The molecule has 1 fully saturated rings. The third-order valence-corrected chi connectivity index (χ3v) is 4.65. The highest BCUT2D eigenvalue weighted by molar-refractivity contribution is 5.80. The number of hydrogen-bond donors (Lipinski definition) is 3. The lowest BCUT2D eigenvalue weighted by Crippen LogP contribution is -2.53. The van der Waals surface area contributed by atoms with Crippen molar-refractivity contribution in [3.05, 3.63) is 11.6 Å². The van der Waals surface area contributed by atoms with Crippen molar-refractivity contribution in [3.8, 4) is 0 Å². The number of aliphatic hydroxyl groups excluding tert-OH is 2. The summed E-state index contributed by atoms with van der Waals surface area (Å²) in [7, 11) is 0. The van der Waals surface area contributed by atoms with Crippen molar-refractivity contribution >= 4 is 5.97 Å². The maximum Gasteiger partial charge on any atom is 0.341 e. The van der Waals surface area contributed by atoms with Crippen LogP contribution >= 0.6 is 0 Å². The zero-order chi connectivity index (χ0) is 15.8. The van der Waals surface area contributed by atoms with E-state index in [0.717, 1.165) is 25.1 Å². The van der Waals surface area contributed by atoms with E-state index in [4.69, 9.17) is 4.74 Å². The fraction of sp³-hybridized carbons (Fsp3) is 0.800. The molecule has 0 saturated carbocycles. The summed E-state index contributed by atoms with van der Waals surface area (Å²) in [6.45, 7) is 6.32. The second kappa shape index (κ2) is 6.04. The van der Waals surface area contributed by atoms with Crippen molar-refractivity contribution in [2.75, 3.05) is 19.7 Å². The molecular weight excluding hydrogens is 274 g/mol. The second-order valence-electron chi connectivity index (χ2n) is 6.31. The molecule has 21 heavy (non-hydrogen) atoms. The molecule has 6 heteroatoms. The topological polar surface area (TPSA) is 90.2 Å². The zero-order valence-corrected chi connectivity index (χ0v) is 12.8. The van der Waals surface area contributed by atoms with Crippen molar-refractivity contribution in [1.82, 2.24) is 4.90 Å². The summed E-state index contributed by atoms with van der Waals surface area (Å²) in [5.41, 5.74) is -1.04. The molecule has 2 heterocycles. The summed E-state index contributed by atoms with van der Waals surface area (Å²) < 4.78 is 5.22. The van der Waals surface area contributed by atoms with Gasteiger partial charge in [0, 0.05) is 13.1 Å². The van der Waals surface area contributed by atoms with Crippen LogP contribution in [0.15, 0.2) is 11.6 Å². The quantitative estimate of drug-likeness (QED) is 0.476. The fourth-order valence-corrected chi connectivity index (χ4v) is 3.18. The summed E-state index contributed by atoms with van der Waals surface area (Å²) in [5.74, 6) is -1.28. The van der Waals surface area contributed by atoms with Gasteiger partial charge in [0.25, 0.3) is 0 Å². The Bertz CT molecular complexity index is 424. The molecule has 3 N–H and O–H groups in total. The van der Waals surface area contributed by atoms with Crippen LogP contribution in [0.5, 0.6) is 0 Å². The van der Waals surface area contributed by atoms with Crippen LogP contribution in [0.25, 0.3) is 0 Å². The highest BCUT2D eigenvalue weighted by Crippen LogP contribution is 2.30. The van der Waals surface area contributed by atoms with Crippen LogP contribution in [0, 0.1) is 5.92 Å². The normalized spacial score (nSPS) is 30.0. The highest BCUT2D eigenvalue weighted by Gasteiger charge is 2.46. The molecule has 2 aliphatic heterocycles. The lowest BCUT2D eigenvalue weighted by Gasteiger charge is -2.32. The average molecular weight is 299 g/mol. The van der Waals surface area contributed by atoms with Crippen molar-refractivity contribution in [1.29, 1.82) is 0 Å². The number of hydrogen-bond acceptors (Lipinski definition) is 6. The van der Waals surface area contributed by atoms with Gasteiger partial charge in [-0.3, -0.25) is 4.90 Å². The van der Waals surface area contributed by atoms with Gasteiger partial charge in [0.1, 0.15) is 6.61 Å². The van der Waals surface area contributed by atoms with E-state index in [9.17, 15) is 20.1 Å². The molecule has 0 bridgehead atoms. The van der Waals surface area contributed by atoms with Gasteiger partial charge in [0.15, 0.2) is 5.60 Å². The minimum Gasteiger partial charge on any atom is -0.459 e. The number of esters is 1. The molecule has 120 valence electrons. The van der Waals surface area contributed by atoms with Crippen LogP contribution in [-0.2, 0) is 9.53 Å². The highest BCUT2D eigenvalue weighted by atomic mass is 16.6. The van der Waals surface area contributed by atoms with E-state index in [0.29, 0.717) is 0 Å². The molecule has 2 rings (SSSR count). The minimum atomic E-state index is -1.91. The van der Waals surface area contributed by atoms with Gasteiger partial charge in [-0.1, -0.05) is 19.9 Å². The first-order valence-corrected chi connectivity index (χ1v) is 7.47. The predicted molar refractivity (Wildman–Crippen MR) is 76.5 cm³/mol.